The number of aromatic nitrogens is 2. The lowest BCUT2D eigenvalue weighted by Crippen LogP contribution is -2.18. The fourth-order valence-corrected chi connectivity index (χ4v) is 1.81. The van der Waals surface area contributed by atoms with Crippen molar-refractivity contribution in [2.24, 2.45) is 0 Å². The Bertz CT molecular complexity index is 465. The van der Waals surface area contributed by atoms with Gasteiger partial charge in [-0.2, -0.15) is 0 Å². The quantitative estimate of drug-likeness (QED) is 0.552. The van der Waals surface area contributed by atoms with E-state index >= 15 is 0 Å². The maximum Gasteiger partial charge on any atom is 0.232 e. The van der Waals surface area contributed by atoms with Crippen LogP contribution in [0.15, 0.2) is 12.4 Å². The molecule has 0 aliphatic heterocycles. The van der Waals surface area contributed by atoms with Gasteiger partial charge in [0.25, 0.3) is 0 Å². The molecule has 16 heavy (non-hydrogen) atoms. The van der Waals surface area contributed by atoms with Crippen LogP contribution in [0.3, 0.4) is 0 Å². The van der Waals surface area contributed by atoms with Crippen LogP contribution in [0.25, 0.3) is 0 Å². The molecule has 88 valence electrons. The van der Waals surface area contributed by atoms with E-state index in [-0.39, 0.29) is 17.2 Å². The van der Waals surface area contributed by atoms with E-state index < -0.39 is 9.52 Å². The molecule has 0 fully saturated rings. The first-order valence-electron chi connectivity index (χ1n) is 4.70. The lowest BCUT2D eigenvalue weighted by Gasteiger charge is -2.04. The first-order valence-corrected chi connectivity index (χ1v) is 6.77. The molecule has 0 N–H and O–H groups in total. The molecule has 0 saturated carbocycles. The summed E-state index contributed by atoms with van der Waals surface area (Å²) in [6.45, 7) is 1.74. The fraction of sp³-hybridized carbons (Fsp3) is 0.400. The summed E-state index contributed by atoms with van der Waals surface area (Å²) < 4.78 is 16.5. The van der Waals surface area contributed by atoms with Gasteiger partial charge >= 0.3 is 0 Å². The van der Waals surface area contributed by atoms with Crippen LogP contribution < -0.4 is 4.74 Å². The zero-order valence-corrected chi connectivity index (χ0v) is 10.1. The van der Waals surface area contributed by atoms with Gasteiger partial charge in [-0.25, -0.2) is 9.97 Å². The molecule has 1 heterocycles. The van der Waals surface area contributed by atoms with Gasteiger partial charge in [0, 0.05) is 5.75 Å². The second-order valence-electron chi connectivity index (χ2n) is 3.27. The second kappa shape index (κ2) is 5.07. The van der Waals surface area contributed by atoms with Crippen molar-refractivity contribution in [1.29, 1.82) is 0 Å². The molecule has 1 aromatic heterocycles. The maximum absolute atomic E-state index is 11.7. The highest BCUT2D eigenvalue weighted by Crippen LogP contribution is 2.04. The molecule has 0 saturated heterocycles. The number of nitrogens with zero attached hydrogens (tertiary/aromatic N) is 2. The highest BCUT2D eigenvalue weighted by atomic mass is 32.2. The molecule has 0 aliphatic carbocycles. The van der Waals surface area contributed by atoms with Gasteiger partial charge in [-0.3, -0.25) is 9.00 Å². The lowest BCUT2D eigenvalue weighted by atomic mass is 10.3. The number of rotatable bonds is 5. The molecule has 0 amide bonds. The molecule has 0 aromatic carbocycles. The van der Waals surface area contributed by atoms with E-state index in [1.807, 2.05) is 0 Å². The van der Waals surface area contributed by atoms with E-state index in [1.54, 1.807) is 6.92 Å². The number of hydrogen-bond donors (Lipinski definition) is 0. The van der Waals surface area contributed by atoms with Gasteiger partial charge in [0.15, 0.2) is 5.78 Å². The van der Waals surface area contributed by atoms with Gasteiger partial charge < -0.3 is 4.74 Å². The van der Waals surface area contributed by atoms with Crippen LogP contribution in [-0.4, -0.2) is 44.4 Å². The SMILES string of the molecule is C=S(=O)(CC)CC(=O)c1cnc(OC)cn1. The number of Topliss-reactive ketones (excluding diaryl/α,β-unsaturated/α-hetero) is 1. The molecule has 0 bridgehead atoms. The zero-order chi connectivity index (χ0) is 12.2. The highest BCUT2D eigenvalue weighted by molar-refractivity contribution is 8.00. The van der Waals surface area contributed by atoms with Crippen LogP contribution in [0.1, 0.15) is 17.4 Å². The van der Waals surface area contributed by atoms with Gasteiger partial charge in [-0.05, 0) is 15.4 Å². The normalized spacial score (nSPS) is 14.1. The van der Waals surface area contributed by atoms with Crippen molar-refractivity contribution in [2.75, 3.05) is 18.6 Å². The van der Waals surface area contributed by atoms with Crippen molar-refractivity contribution in [1.82, 2.24) is 9.97 Å². The predicted octanol–water partition coefficient (Wildman–Crippen LogP) is 0.404. The Hall–Kier alpha value is -1.43. The molecule has 5 nitrogen and oxygen atoms in total. The smallest absolute Gasteiger partial charge is 0.232 e. The van der Waals surface area contributed by atoms with Crippen LogP contribution in [-0.2, 0) is 9.52 Å². The van der Waals surface area contributed by atoms with E-state index in [4.69, 9.17) is 4.74 Å². The maximum atomic E-state index is 11.7. The minimum atomic E-state index is -2.33. The first kappa shape index (κ1) is 12.6. The summed E-state index contributed by atoms with van der Waals surface area (Å²) >= 11 is 0. The standard InChI is InChI=1S/C10H14N2O3S/c1-4-16(3,14)7-9(13)8-5-12-10(15-2)6-11-8/h5-6H,3-4,7H2,1-2H3. The number of ketones is 1. The lowest BCUT2D eigenvalue weighted by molar-refractivity contribution is 0.101. The number of hydrogen-bond acceptors (Lipinski definition) is 5. The minimum Gasteiger partial charge on any atom is -0.480 e. The van der Waals surface area contributed by atoms with E-state index in [9.17, 15) is 9.00 Å². The van der Waals surface area contributed by atoms with E-state index in [1.165, 1.54) is 19.5 Å². The third-order valence-corrected chi connectivity index (χ3v) is 3.88. The number of carbonyl (C=O) groups is 1. The third-order valence-electron chi connectivity index (χ3n) is 2.04. The van der Waals surface area contributed by atoms with Crippen molar-refractivity contribution in [3.05, 3.63) is 18.1 Å². The molecule has 0 spiro atoms. The molecule has 0 radical (unpaired) electrons. The zero-order valence-electron chi connectivity index (χ0n) is 9.30. The molecule has 0 aliphatic rings. The minimum absolute atomic E-state index is 0.0927. The molecular formula is C10H14N2O3S. The van der Waals surface area contributed by atoms with Crippen LogP contribution >= 0.6 is 0 Å². The summed E-state index contributed by atoms with van der Waals surface area (Å²) in [6, 6.07) is 0. The molecule has 1 atom stereocenters. The molecule has 1 unspecified atom stereocenters. The first-order chi connectivity index (χ1) is 7.48. The highest BCUT2D eigenvalue weighted by Gasteiger charge is 2.13. The Morgan fingerprint density at radius 1 is 1.50 bits per heavy atom. The van der Waals surface area contributed by atoms with Crippen LogP contribution in [0.2, 0.25) is 0 Å². The summed E-state index contributed by atoms with van der Waals surface area (Å²) in [4.78, 5) is 19.4. The Morgan fingerprint density at radius 2 is 2.19 bits per heavy atom. The summed E-state index contributed by atoms with van der Waals surface area (Å²) in [5, 5.41) is 0. The van der Waals surface area contributed by atoms with Crippen molar-refractivity contribution in [3.63, 3.8) is 0 Å². The molecular weight excluding hydrogens is 228 g/mol. The largest absolute Gasteiger partial charge is 0.480 e. The van der Waals surface area contributed by atoms with Gasteiger partial charge in [-0.15, -0.1) is 0 Å². The van der Waals surface area contributed by atoms with Gasteiger partial charge in [-0.1, -0.05) is 6.92 Å². The van der Waals surface area contributed by atoms with Crippen molar-refractivity contribution < 1.29 is 13.7 Å². The molecule has 1 rings (SSSR count). The second-order valence-corrected chi connectivity index (χ2v) is 6.06. The Labute approximate surface area is 94.9 Å². The monoisotopic (exact) mass is 242 g/mol. The molecule has 1 aromatic rings. The average molecular weight is 242 g/mol. The topological polar surface area (TPSA) is 69.2 Å². The predicted molar refractivity (Wildman–Crippen MR) is 63.6 cm³/mol. The fourth-order valence-electron chi connectivity index (χ4n) is 0.981. The molecule has 6 heteroatoms. The van der Waals surface area contributed by atoms with Gasteiger partial charge in [0.1, 0.15) is 5.69 Å². The number of carbonyl (C=O) groups excluding carboxylic acids is 1. The summed E-state index contributed by atoms with van der Waals surface area (Å²) in [5.74, 6) is 3.83. The van der Waals surface area contributed by atoms with Crippen LogP contribution in [0.5, 0.6) is 5.88 Å². The third kappa shape index (κ3) is 3.30. The van der Waals surface area contributed by atoms with Gasteiger partial charge in [0.2, 0.25) is 5.88 Å². The summed E-state index contributed by atoms with van der Waals surface area (Å²) in [7, 11) is -0.867. The van der Waals surface area contributed by atoms with E-state index in [2.05, 4.69) is 15.8 Å². The number of ether oxygens (including phenoxy) is 1. The van der Waals surface area contributed by atoms with E-state index in [0.29, 0.717) is 11.6 Å². The Morgan fingerprint density at radius 3 is 2.62 bits per heavy atom. The summed E-state index contributed by atoms with van der Waals surface area (Å²) in [5.41, 5.74) is 0.186. The summed E-state index contributed by atoms with van der Waals surface area (Å²) in [6.07, 6.45) is 2.66. The van der Waals surface area contributed by atoms with Crippen molar-refractivity contribution in [3.8, 4) is 5.88 Å². The number of methoxy groups -OCH3 is 1. The van der Waals surface area contributed by atoms with Crippen LogP contribution in [0, 0.1) is 0 Å². The van der Waals surface area contributed by atoms with Gasteiger partial charge in [0.05, 0.1) is 25.3 Å². The van der Waals surface area contributed by atoms with E-state index in [0.717, 1.165) is 0 Å². The van der Waals surface area contributed by atoms with Crippen molar-refractivity contribution >= 4 is 21.2 Å². The van der Waals surface area contributed by atoms with Crippen molar-refractivity contribution in [2.45, 2.75) is 6.92 Å². The Balaban J connectivity index is 2.81. The Kier molecular flexibility index (Phi) is 4.00. The van der Waals surface area contributed by atoms with Crippen LogP contribution in [0.4, 0.5) is 0 Å². The average Bonchev–Trinajstić information content (AvgIpc) is 2.28.